The first kappa shape index (κ1) is 35.2. The van der Waals surface area contributed by atoms with Crippen molar-refractivity contribution in [2.45, 2.75) is 110 Å². The highest BCUT2D eigenvalue weighted by Crippen LogP contribution is 2.36. The fourth-order valence-corrected chi connectivity index (χ4v) is 6.35. The number of piperazine rings is 1. The van der Waals surface area contributed by atoms with E-state index < -0.39 is 0 Å². The third-order valence-corrected chi connectivity index (χ3v) is 9.18. The Kier molecular flexibility index (Phi) is 15.5. The largest absolute Gasteiger partial charge is 0.463 e. The number of esters is 1. The maximum absolute atomic E-state index is 12.2. The molecule has 2 aliphatic rings. The van der Waals surface area contributed by atoms with Gasteiger partial charge in [-0.15, -0.1) is 0 Å². The van der Waals surface area contributed by atoms with Crippen LogP contribution in [0.4, 0.5) is 17.1 Å². The van der Waals surface area contributed by atoms with Gasteiger partial charge in [-0.05, 0) is 43.7 Å². The van der Waals surface area contributed by atoms with Gasteiger partial charge in [-0.1, -0.05) is 108 Å². The minimum Gasteiger partial charge on any atom is -0.463 e. The molecule has 1 fully saturated rings. The number of ether oxygens (including phenoxy) is 2. The third-order valence-electron chi connectivity index (χ3n) is 8.94. The molecule has 4 rings (SSSR count). The summed E-state index contributed by atoms with van der Waals surface area (Å²) < 4.78 is 11.5. The number of carbonyl (C=O) groups excluding carboxylic acids is 1. The van der Waals surface area contributed by atoms with Crippen molar-refractivity contribution in [3.8, 4) is 0 Å². The van der Waals surface area contributed by atoms with Crippen LogP contribution in [-0.4, -0.2) is 67.2 Å². The monoisotopic (exact) mass is 638 g/mol. The number of benzene rings is 2. The second-order valence-corrected chi connectivity index (χ2v) is 12.9. The van der Waals surface area contributed by atoms with Crippen LogP contribution in [0.1, 0.15) is 109 Å². The molecule has 0 aromatic heterocycles. The number of anilines is 2. The number of unbranched alkanes of at least 4 members (excludes halogenated alkanes) is 12. The van der Waals surface area contributed by atoms with E-state index in [1.54, 1.807) is 0 Å². The van der Waals surface area contributed by atoms with Gasteiger partial charge in [0, 0.05) is 48.9 Å². The number of amidine groups is 1. The Hall–Kier alpha value is -2.61. The first-order valence-electron chi connectivity index (χ1n) is 17.6. The van der Waals surface area contributed by atoms with Crippen molar-refractivity contribution in [3.05, 3.63) is 53.1 Å². The first-order valence-corrected chi connectivity index (χ1v) is 17.9. The van der Waals surface area contributed by atoms with Crippen LogP contribution in [0.25, 0.3) is 0 Å². The highest BCUT2D eigenvalue weighted by molar-refractivity contribution is 6.31. The Labute approximate surface area is 276 Å². The van der Waals surface area contributed by atoms with Gasteiger partial charge in [0.15, 0.2) is 0 Å². The molecule has 0 amide bonds. The lowest BCUT2D eigenvalue weighted by atomic mass is 10.0. The zero-order valence-corrected chi connectivity index (χ0v) is 28.5. The van der Waals surface area contributed by atoms with Crippen molar-refractivity contribution in [2.24, 2.45) is 4.99 Å². The summed E-state index contributed by atoms with van der Waals surface area (Å²) in [6, 6.07) is 14.1. The van der Waals surface area contributed by atoms with Gasteiger partial charge in [0.2, 0.25) is 0 Å². The van der Waals surface area contributed by atoms with Crippen molar-refractivity contribution >= 4 is 40.5 Å². The van der Waals surface area contributed by atoms with Crippen LogP contribution in [0.3, 0.4) is 0 Å². The van der Waals surface area contributed by atoms with Gasteiger partial charge in [0.25, 0.3) is 0 Å². The predicted molar refractivity (Wildman–Crippen MR) is 187 cm³/mol. The van der Waals surface area contributed by atoms with E-state index in [2.05, 4.69) is 47.2 Å². The molecule has 2 heterocycles. The Balaban J connectivity index is 1.06. The second kappa shape index (κ2) is 19.8. The summed E-state index contributed by atoms with van der Waals surface area (Å²) >= 11 is 6.31. The number of halogens is 1. The Bertz CT molecular complexity index is 1200. The number of hydrogen-bond acceptors (Lipinski definition) is 7. The number of fused-ring (bicyclic) bond motifs is 2. The lowest BCUT2D eigenvalue weighted by Crippen LogP contribution is -2.52. The number of aliphatic imine (C=N–C) groups is 1. The zero-order chi connectivity index (χ0) is 31.7. The number of hydrogen-bond donors (Lipinski definition) is 1. The van der Waals surface area contributed by atoms with Crippen molar-refractivity contribution in [2.75, 3.05) is 44.7 Å². The van der Waals surface area contributed by atoms with E-state index in [9.17, 15) is 4.79 Å². The molecule has 2 aliphatic heterocycles. The van der Waals surface area contributed by atoms with E-state index in [-0.39, 0.29) is 12.2 Å². The average molecular weight is 639 g/mol. The molecule has 7 nitrogen and oxygen atoms in total. The van der Waals surface area contributed by atoms with Crippen LogP contribution >= 0.6 is 11.6 Å². The number of nitrogens with one attached hydrogen (secondary N) is 1. The number of rotatable bonds is 19. The molecule has 1 atom stereocenters. The second-order valence-electron chi connectivity index (χ2n) is 12.5. The highest BCUT2D eigenvalue weighted by atomic mass is 35.5. The minimum absolute atomic E-state index is 0.0449. The lowest BCUT2D eigenvalue weighted by Gasteiger charge is -2.39. The maximum Gasteiger partial charge on any atom is 0.305 e. The van der Waals surface area contributed by atoms with Gasteiger partial charge in [0.05, 0.1) is 18.0 Å². The van der Waals surface area contributed by atoms with E-state index >= 15 is 0 Å². The third kappa shape index (κ3) is 11.9. The number of para-hydroxylation sites is 1. The quantitative estimate of drug-likeness (QED) is 0.122. The molecule has 1 unspecified atom stereocenters. The molecule has 248 valence electrons. The Morgan fingerprint density at radius 1 is 0.844 bits per heavy atom. The Morgan fingerprint density at radius 3 is 2.18 bits per heavy atom. The fourth-order valence-electron chi connectivity index (χ4n) is 6.19. The summed E-state index contributed by atoms with van der Waals surface area (Å²) in [5.74, 6) is 0.854. The lowest BCUT2D eigenvalue weighted by molar-refractivity contribution is -0.147. The SMILES string of the molecule is CCCCCCCCCCCCCCCC(=O)OCCOC(C)N1CCN(C2=Nc3cc(Cl)ccc3Nc3ccccc32)CC1. The van der Waals surface area contributed by atoms with Crippen LogP contribution in [0.15, 0.2) is 47.5 Å². The summed E-state index contributed by atoms with van der Waals surface area (Å²) in [7, 11) is 0. The molecule has 0 spiro atoms. The Morgan fingerprint density at radius 2 is 1.49 bits per heavy atom. The molecule has 2 aromatic carbocycles. The van der Waals surface area contributed by atoms with E-state index in [4.69, 9.17) is 26.1 Å². The van der Waals surface area contributed by atoms with Gasteiger partial charge in [0.1, 0.15) is 18.7 Å². The fraction of sp³-hybridized carbons (Fsp3) is 0.622. The molecular weight excluding hydrogens is 584 g/mol. The van der Waals surface area contributed by atoms with E-state index in [1.165, 1.54) is 70.6 Å². The van der Waals surface area contributed by atoms with Crippen LogP contribution in [-0.2, 0) is 14.3 Å². The van der Waals surface area contributed by atoms with Gasteiger partial charge in [-0.2, -0.15) is 0 Å². The zero-order valence-electron chi connectivity index (χ0n) is 27.7. The van der Waals surface area contributed by atoms with Crippen molar-refractivity contribution in [3.63, 3.8) is 0 Å². The summed E-state index contributed by atoms with van der Waals surface area (Å²) in [4.78, 5) is 21.9. The van der Waals surface area contributed by atoms with Gasteiger partial charge in [-0.3, -0.25) is 9.69 Å². The molecule has 1 N–H and O–H groups in total. The van der Waals surface area contributed by atoms with Crippen LogP contribution in [0.5, 0.6) is 0 Å². The summed E-state index contributed by atoms with van der Waals surface area (Å²) in [5.41, 5.74) is 3.92. The normalized spacial score (nSPS) is 15.4. The molecule has 0 aliphatic carbocycles. The summed E-state index contributed by atoms with van der Waals surface area (Å²) in [5, 5.41) is 4.20. The van der Waals surface area contributed by atoms with Crippen molar-refractivity contribution in [1.82, 2.24) is 9.80 Å². The van der Waals surface area contributed by atoms with E-state index in [0.29, 0.717) is 24.7 Å². The summed E-state index contributed by atoms with van der Waals surface area (Å²) in [6.07, 6.45) is 17.4. The molecular formula is C37H55ClN4O3. The predicted octanol–water partition coefficient (Wildman–Crippen LogP) is 9.48. The first-order chi connectivity index (χ1) is 22.0. The number of nitrogens with zero attached hydrogens (tertiary/aromatic N) is 3. The smallest absolute Gasteiger partial charge is 0.305 e. The summed E-state index contributed by atoms with van der Waals surface area (Å²) in [6.45, 7) is 8.46. The maximum atomic E-state index is 12.2. The van der Waals surface area contributed by atoms with Crippen molar-refractivity contribution < 1.29 is 14.3 Å². The van der Waals surface area contributed by atoms with Crippen LogP contribution in [0, 0.1) is 0 Å². The number of carbonyl (C=O) groups is 1. The standard InChI is InChI=1S/C37H55ClN4O3/c1-3-4-5-6-7-8-9-10-11-12-13-14-15-20-36(43)45-28-27-44-30(2)41-23-25-42(26-24-41)37-32-18-16-17-19-33(32)39-34-22-21-31(38)29-35(34)40-37/h16-19,21-22,29-30,39H,3-15,20,23-28H2,1-2H3. The van der Waals surface area contributed by atoms with Gasteiger partial charge in [-0.25, -0.2) is 4.99 Å². The molecule has 0 bridgehead atoms. The minimum atomic E-state index is -0.107. The highest BCUT2D eigenvalue weighted by Gasteiger charge is 2.27. The molecule has 8 heteroatoms. The van der Waals surface area contributed by atoms with Crippen LogP contribution < -0.4 is 5.32 Å². The molecule has 2 aromatic rings. The van der Waals surface area contributed by atoms with Gasteiger partial charge < -0.3 is 19.7 Å². The van der Waals surface area contributed by atoms with Crippen molar-refractivity contribution in [1.29, 1.82) is 0 Å². The topological polar surface area (TPSA) is 66.4 Å². The molecule has 45 heavy (non-hydrogen) atoms. The molecule has 0 radical (unpaired) electrons. The molecule has 0 saturated carbocycles. The van der Waals surface area contributed by atoms with E-state index in [0.717, 1.165) is 67.5 Å². The average Bonchev–Trinajstić information content (AvgIpc) is 3.22. The van der Waals surface area contributed by atoms with Crippen LogP contribution in [0.2, 0.25) is 5.02 Å². The van der Waals surface area contributed by atoms with Gasteiger partial charge >= 0.3 is 5.97 Å². The van der Waals surface area contributed by atoms with E-state index in [1.807, 2.05) is 24.3 Å². The molecule has 1 saturated heterocycles.